The Labute approximate surface area is 100 Å². The molecule has 1 fully saturated rings. The molecule has 0 aliphatic carbocycles. The Morgan fingerprint density at radius 2 is 2.59 bits per heavy atom. The van der Waals surface area contributed by atoms with E-state index in [9.17, 15) is 4.79 Å². The summed E-state index contributed by atoms with van der Waals surface area (Å²) >= 11 is 0. The Morgan fingerprint density at radius 3 is 3.24 bits per heavy atom. The van der Waals surface area contributed by atoms with E-state index in [-0.39, 0.29) is 11.9 Å². The summed E-state index contributed by atoms with van der Waals surface area (Å²) in [5, 5.41) is 9.86. The lowest BCUT2D eigenvalue weighted by atomic mass is 10.2. The van der Waals surface area contributed by atoms with Crippen LogP contribution >= 0.6 is 0 Å². The Hall–Kier alpha value is -1.40. The summed E-state index contributed by atoms with van der Waals surface area (Å²) in [5.74, 6) is 0.120. The zero-order valence-corrected chi connectivity index (χ0v) is 9.98. The monoisotopic (exact) mass is 238 g/mol. The molecule has 1 atom stereocenters. The first kappa shape index (κ1) is 12.1. The lowest BCUT2D eigenvalue weighted by Gasteiger charge is -2.25. The van der Waals surface area contributed by atoms with Gasteiger partial charge in [-0.25, -0.2) is 0 Å². The van der Waals surface area contributed by atoms with Crippen molar-refractivity contribution in [1.29, 1.82) is 0 Å². The molecule has 1 aromatic rings. The number of ether oxygens (including phenoxy) is 1. The number of nitrogens with one attached hydrogen (secondary N) is 2. The second-order valence-corrected chi connectivity index (χ2v) is 4.29. The number of aromatic amines is 1. The maximum absolute atomic E-state index is 11.9. The van der Waals surface area contributed by atoms with E-state index in [1.54, 1.807) is 24.3 Å². The summed E-state index contributed by atoms with van der Waals surface area (Å²) in [6.07, 6.45) is 4.01. The minimum absolute atomic E-state index is 0.120. The molecule has 1 aromatic heterocycles. The normalized spacial score (nSPS) is 20.2. The number of carbonyl (C=O) groups excluding carboxylic acids is 1. The third kappa shape index (κ3) is 3.54. The van der Waals surface area contributed by atoms with E-state index in [2.05, 4.69) is 15.5 Å². The Balaban J connectivity index is 1.78. The van der Waals surface area contributed by atoms with Crippen molar-refractivity contribution >= 4 is 5.91 Å². The van der Waals surface area contributed by atoms with Crippen molar-refractivity contribution in [3.8, 4) is 0 Å². The van der Waals surface area contributed by atoms with Crippen molar-refractivity contribution in [3.63, 3.8) is 0 Å². The molecule has 1 aliphatic heterocycles. The average molecular weight is 238 g/mol. The van der Waals surface area contributed by atoms with Crippen LogP contribution in [0.5, 0.6) is 0 Å². The van der Waals surface area contributed by atoms with Crippen molar-refractivity contribution in [2.24, 2.45) is 0 Å². The van der Waals surface area contributed by atoms with Gasteiger partial charge in [-0.2, -0.15) is 5.10 Å². The lowest BCUT2D eigenvalue weighted by molar-refractivity contribution is -0.131. The van der Waals surface area contributed by atoms with E-state index in [0.717, 1.165) is 18.7 Å². The molecule has 17 heavy (non-hydrogen) atoms. The van der Waals surface area contributed by atoms with Gasteiger partial charge in [0.25, 0.3) is 0 Å². The summed E-state index contributed by atoms with van der Waals surface area (Å²) in [7, 11) is 1.80. The maximum Gasteiger partial charge on any atom is 0.224 e. The zero-order chi connectivity index (χ0) is 12.1. The lowest BCUT2D eigenvalue weighted by Crippen LogP contribution is -2.44. The van der Waals surface area contributed by atoms with Gasteiger partial charge in [-0.05, 0) is 0 Å². The molecule has 0 radical (unpaired) electrons. The number of amides is 1. The van der Waals surface area contributed by atoms with Crippen molar-refractivity contribution in [1.82, 2.24) is 20.4 Å². The van der Waals surface area contributed by atoms with Gasteiger partial charge in [0.1, 0.15) is 0 Å². The summed E-state index contributed by atoms with van der Waals surface area (Å²) in [4.78, 5) is 13.6. The van der Waals surface area contributed by atoms with Crippen LogP contribution in [0.1, 0.15) is 12.0 Å². The first-order valence-corrected chi connectivity index (χ1v) is 5.78. The fourth-order valence-electron chi connectivity index (χ4n) is 1.84. The molecule has 0 bridgehead atoms. The highest BCUT2D eigenvalue weighted by molar-refractivity contribution is 5.76. The van der Waals surface area contributed by atoms with E-state index in [4.69, 9.17) is 4.74 Å². The standard InChI is InChI=1S/C11H18N4O2/c1-15(7-9-5-13-14-6-9)11(16)4-10-8-17-3-2-12-10/h5-6,10,12H,2-4,7-8H2,1H3,(H,13,14). The van der Waals surface area contributed by atoms with Gasteiger partial charge in [0.15, 0.2) is 0 Å². The van der Waals surface area contributed by atoms with Crippen LogP contribution in [0, 0.1) is 0 Å². The highest BCUT2D eigenvalue weighted by atomic mass is 16.5. The number of rotatable bonds is 4. The van der Waals surface area contributed by atoms with Crippen LogP contribution in [0.4, 0.5) is 0 Å². The molecular formula is C11H18N4O2. The van der Waals surface area contributed by atoms with Gasteiger partial charge in [-0.1, -0.05) is 0 Å². The van der Waals surface area contributed by atoms with Crippen molar-refractivity contribution in [2.45, 2.75) is 19.0 Å². The fourth-order valence-corrected chi connectivity index (χ4v) is 1.84. The number of hydrogen-bond donors (Lipinski definition) is 2. The summed E-state index contributed by atoms with van der Waals surface area (Å²) in [6.45, 7) is 2.76. The van der Waals surface area contributed by atoms with Crippen LogP contribution in [0.15, 0.2) is 12.4 Å². The minimum atomic E-state index is 0.120. The van der Waals surface area contributed by atoms with Crippen molar-refractivity contribution in [2.75, 3.05) is 26.8 Å². The Morgan fingerprint density at radius 1 is 1.71 bits per heavy atom. The number of hydrogen-bond acceptors (Lipinski definition) is 4. The Bertz CT molecular complexity index is 346. The topological polar surface area (TPSA) is 70.2 Å². The number of H-pyrrole nitrogens is 1. The van der Waals surface area contributed by atoms with Crippen LogP contribution in [0.25, 0.3) is 0 Å². The molecule has 1 amide bonds. The molecular weight excluding hydrogens is 220 g/mol. The minimum Gasteiger partial charge on any atom is -0.378 e. The molecule has 1 aliphatic rings. The highest BCUT2D eigenvalue weighted by Gasteiger charge is 2.19. The van der Waals surface area contributed by atoms with Gasteiger partial charge in [-0.3, -0.25) is 9.89 Å². The smallest absolute Gasteiger partial charge is 0.224 e. The summed E-state index contributed by atoms with van der Waals surface area (Å²) in [6, 6.07) is 0.142. The molecule has 1 saturated heterocycles. The maximum atomic E-state index is 11.9. The fraction of sp³-hybridized carbons (Fsp3) is 0.636. The number of morpholine rings is 1. The summed E-state index contributed by atoms with van der Waals surface area (Å²) < 4.78 is 5.32. The predicted molar refractivity (Wildman–Crippen MR) is 62.3 cm³/mol. The number of carbonyl (C=O) groups is 1. The molecule has 1 unspecified atom stereocenters. The van der Waals surface area contributed by atoms with Gasteiger partial charge in [0.2, 0.25) is 5.91 Å². The number of nitrogens with zero attached hydrogens (tertiary/aromatic N) is 2. The van der Waals surface area contributed by atoms with E-state index in [1.807, 2.05) is 0 Å². The Kier molecular flexibility index (Phi) is 4.11. The van der Waals surface area contributed by atoms with E-state index >= 15 is 0 Å². The SMILES string of the molecule is CN(Cc1cn[nH]c1)C(=O)CC1COCCN1. The number of aromatic nitrogens is 2. The van der Waals surface area contributed by atoms with Crippen LogP contribution in [-0.4, -0.2) is 53.9 Å². The third-order valence-electron chi connectivity index (χ3n) is 2.82. The molecule has 0 spiro atoms. The molecule has 6 nitrogen and oxygen atoms in total. The van der Waals surface area contributed by atoms with Crippen LogP contribution in [0.3, 0.4) is 0 Å². The molecule has 2 rings (SSSR count). The van der Waals surface area contributed by atoms with Gasteiger partial charge in [0.05, 0.1) is 19.4 Å². The molecule has 94 valence electrons. The van der Waals surface area contributed by atoms with E-state index in [0.29, 0.717) is 19.6 Å². The van der Waals surface area contributed by atoms with Crippen molar-refractivity contribution < 1.29 is 9.53 Å². The van der Waals surface area contributed by atoms with Crippen LogP contribution in [0.2, 0.25) is 0 Å². The van der Waals surface area contributed by atoms with Gasteiger partial charge >= 0.3 is 0 Å². The zero-order valence-electron chi connectivity index (χ0n) is 9.98. The molecule has 0 saturated carbocycles. The van der Waals surface area contributed by atoms with Crippen LogP contribution in [-0.2, 0) is 16.1 Å². The molecule has 2 N–H and O–H groups in total. The first-order chi connectivity index (χ1) is 8.25. The predicted octanol–water partition coefficient (Wildman–Crippen LogP) is -0.253. The second kappa shape index (κ2) is 5.79. The van der Waals surface area contributed by atoms with Gasteiger partial charge < -0.3 is 15.0 Å². The van der Waals surface area contributed by atoms with Gasteiger partial charge in [0, 0.05) is 44.4 Å². The summed E-state index contributed by atoms with van der Waals surface area (Å²) in [5.41, 5.74) is 1.01. The third-order valence-corrected chi connectivity index (χ3v) is 2.82. The quantitative estimate of drug-likeness (QED) is 0.758. The largest absolute Gasteiger partial charge is 0.378 e. The molecule has 0 aromatic carbocycles. The molecule has 6 heteroatoms. The van der Waals surface area contributed by atoms with Gasteiger partial charge in [-0.15, -0.1) is 0 Å². The highest BCUT2D eigenvalue weighted by Crippen LogP contribution is 2.05. The molecule has 2 heterocycles. The van der Waals surface area contributed by atoms with Crippen molar-refractivity contribution in [3.05, 3.63) is 18.0 Å². The van der Waals surface area contributed by atoms with E-state index in [1.165, 1.54) is 0 Å². The second-order valence-electron chi connectivity index (χ2n) is 4.29. The average Bonchev–Trinajstić information content (AvgIpc) is 2.83. The van der Waals surface area contributed by atoms with E-state index < -0.39 is 0 Å². The first-order valence-electron chi connectivity index (χ1n) is 5.78. The van der Waals surface area contributed by atoms with Crippen LogP contribution < -0.4 is 5.32 Å².